The summed E-state index contributed by atoms with van der Waals surface area (Å²) in [6, 6.07) is 0.945. The van der Waals surface area contributed by atoms with Crippen molar-refractivity contribution in [2.24, 2.45) is 0 Å². The largest absolute Gasteiger partial charge is 0.375 e. The fourth-order valence-corrected chi connectivity index (χ4v) is 2.24. The first-order chi connectivity index (χ1) is 6.31. The molecular formula is C10H15NO2. The Kier molecular flexibility index (Phi) is 2.47. The van der Waals surface area contributed by atoms with Crippen LogP contribution < -0.4 is 0 Å². The number of carbonyl (C=O) groups excluding carboxylic acids is 1. The van der Waals surface area contributed by atoms with Crippen LogP contribution in [0.3, 0.4) is 0 Å². The van der Waals surface area contributed by atoms with Gasteiger partial charge in [0.25, 0.3) is 0 Å². The SMILES string of the molecule is CC(/C=C/C=O)N1CC2CC1CO2. The second-order valence-electron chi connectivity index (χ2n) is 3.80. The third kappa shape index (κ3) is 1.67. The van der Waals surface area contributed by atoms with Gasteiger partial charge in [-0.05, 0) is 19.4 Å². The molecular weight excluding hydrogens is 166 g/mol. The molecule has 2 fully saturated rings. The van der Waals surface area contributed by atoms with Crippen LogP contribution in [0.4, 0.5) is 0 Å². The first-order valence-corrected chi connectivity index (χ1v) is 4.80. The number of hydrogen-bond acceptors (Lipinski definition) is 3. The lowest BCUT2D eigenvalue weighted by molar-refractivity contribution is -0.104. The number of nitrogens with zero attached hydrogens (tertiary/aromatic N) is 1. The Bertz CT molecular complexity index is 227. The molecule has 2 aliphatic rings. The zero-order valence-electron chi connectivity index (χ0n) is 7.85. The molecule has 2 heterocycles. The molecule has 2 bridgehead atoms. The standard InChI is InChI=1S/C10H15NO2/c1-8(3-2-4-12)11-6-10-5-9(11)7-13-10/h2-4,8-10H,5-7H2,1H3/b3-2+. The van der Waals surface area contributed by atoms with Crippen LogP contribution in [0.2, 0.25) is 0 Å². The Morgan fingerprint density at radius 2 is 2.46 bits per heavy atom. The molecule has 0 aliphatic carbocycles. The van der Waals surface area contributed by atoms with E-state index in [-0.39, 0.29) is 0 Å². The number of likely N-dealkylation sites (tertiary alicyclic amines) is 1. The lowest BCUT2D eigenvalue weighted by Crippen LogP contribution is -2.41. The van der Waals surface area contributed by atoms with Gasteiger partial charge in [-0.1, -0.05) is 6.08 Å². The van der Waals surface area contributed by atoms with Crippen molar-refractivity contribution in [3.05, 3.63) is 12.2 Å². The molecule has 0 radical (unpaired) electrons. The van der Waals surface area contributed by atoms with E-state index in [4.69, 9.17) is 4.74 Å². The third-order valence-corrected chi connectivity index (χ3v) is 2.93. The minimum Gasteiger partial charge on any atom is -0.375 e. The zero-order valence-corrected chi connectivity index (χ0v) is 7.85. The summed E-state index contributed by atoms with van der Waals surface area (Å²) in [6.45, 7) is 4.01. The first kappa shape index (κ1) is 8.91. The Morgan fingerprint density at radius 3 is 3.00 bits per heavy atom. The van der Waals surface area contributed by atoms with Gasteiger partial charge in [0.05, 0.1) is 12.7 Å². The predicted molar refractivity (Wildman–Crippen MR) is 49.5 cm³/mol. The highest BCUT2D eigenvalue weighted by molar-refractivity contribution is 5.64. The number of allylic oxidation sites excluding steroid dienone is 1. The van der Waals surface area contributed by atoms with Crippen molar-refractivity contribution in [2.75, 3.05) is 13.2 Å². The molecule has 13 heavy (non-hydrogen) atoms. The van der Waals surface area contributed by atoms with Gasteiger partial charge in [0.2, 0.25) is 0 Å². The van der Waals surface area contributed by atoms with Crippen molar-refractivity contribution in [1.29, 1.82) is 0 Å². The van der Waals surface area contributed by atoms with Gasteiger partial charge in [0.15, 0.2) is 0 Å². The lowest BCUT2D eigenvalue weighted by Gasteiger charge is -2.30. The molecule has 0 aromatic carbocycles. The quantitative estimate of drug-likeness (QED) is 0.472. The number of morpholine rings is 1. The van der Waals surface area contributed by atoms with Crippen LogP contribution in [0.25, 0.3) is 0 Å². The van der Waals surface area contributed by atoms with Crippen molar-refractivity contribution in [1.82, 2.24) is 4.90 Å². The monoisotopic (exact) mass is 181 g/mol. The summed E-state index contributed by atoms with van der Waals surface area (Å²) in [5.41, 5.74) is 0. The van der Waals surface area contributed by atoms with Crippen LogP contribution >= 0.6 is 0 Å². The molecule has 2 aliphatic heterocycles. The molecule has 2 saturated heterocycles. The highest BCUT2D eigenvalue weighted by Crippen LogP contribution is 2.29. The molecule has 0 aromatic rings. The molecule has 3 heteroatoms. The van der Waals surface area contributed by atoms with Crippen molar-refractivity contribution in [3.8, 4) is 0 Å². The topological polar surface area (TPSA) is 29.5 Å². The number of fused-ring (bicyclic) bond motifs is 2. The normalized spacial score (nSPS) is 35.8. The Balaban J connectivity index is 1.94. The fourth-order valence-electron chi connectivity index (χ4n) is 2.24. The maximum Gasteiger partial charge on any atom is 0.142 e. The van der Waals surface area contributed by atoms with Gasteiger partial charge in [-0.25, -0.2) is 0 Å². The first-order valence-electron chi connectivity index (χ1n) is 4.80. The number of aldehydes is 1. The maximum absolute atomic E-state index is 10.2. The van der Waals surface area contributed by atoms with E-state index in [1.165, 1.54) is 6.42 Å². The van der Waals surface area contributed by atoms with Crippen LogP contribution in [-0.4, -0.2) is 42.5 Å². The second-order valence-corrected chi connectivity index (χ2v) is 3.80. The smallest absolute Gasteiger partial charge is 0.142 e. The van der Waals surface area contributed by atoms with E-state index in [1.807, 2.05) is 6.08 Å². The van der Waals surface area contributed by atoms with E-state index < -0.39 is 0 Å². The Hall–Kier alpha value is -0.670. The summed E-state index contributed by atoms with van der Waals surface area (Å²) in [6.07, 6.45) is 5.98. The molecule has 0 N–H and O–H groups in total. The molecule has 3 nitrogen and oxygen atoms in total. The number of rotatable bonds is 3. The van der Waals surface area contributed by atoms with Crippen LogP contribution in [0.5, 0.6) is 0 Å². The summed E-state index contributed by atoms with van der Waals surface area (Å²) in [5, 5.41) is 0. The van der Waals surface area contributed by atoms with E-state index in [1.54, 1.807) is 6.08 Å². The van der Waals surface area contributed by atoms with Crippen molar-refractivity contribution < 1.29 is 9.53 Å². The van der Waals surface area contributed by atoms with Gasteiger partial charge < -0.3 is 4.74 Å². The van der Waals surface area contributed by atoms with Gasteiger partial charge in [-0.2, -0.15) is 0 Å². The van der Waals surface area contributed by atoms with E-state index >= 15 is 0 Å². The second kappa shape index (κ2) is 3.60. The van der Waals surface area contributed by atoms with Crippen LogP contribution in [0.1, 0.15) is 13.3 Å². The summed E-state index contributed by atoms with van der Waals surface area (Å²) in [5.74, 6) is 0. The fraction of sp³-hybridized carbons (Fsp3) is 0.700. The average molecular weight is 181 g/mol. The predicted octanol–water partition coefficient (Wildman–Crippen LogP) is 0.603. The van der Waals surface area contributed by atoms with Crippen molar-refractivity contribution >= 4 is 6.29 Å². The van der Waals surface area contributed by atoms with Gasteiger partial charge in [-0.3, -0.25) is 9.69 Å². The minimum atomic E-state index is 0.365. The van der Waals surface area contributed by atoms with Crippen molar-refractivity contribution in [3.63, 3.8) is 0 Å². The molecule has 0 amide bonds. The van der Waals surface area contributed by atoms with Gasteiger partial charge >= 0.3 is 0 Å². The van der Waals surface area contributed by atoms with Gasteiger partial charge in [0.1, 0.15) is 6.29 Å². The maximum atomic E-state index is 10.2. The van der Waals surface area contributed by atoms with E-state index in [9.17, 15) is 4.79 Å². The molecule has 3 atom stereocenters. The minimum absolute atomic E-state index is 0.365. The van der Waals surface area contributed by atoms with Gasteiger partial charge in [-0.15, -0.1) is 0 Å². The third-order valence-electron chi connectivity index (χ3n) is 2.93. The number of hydrogen-bond donors (Lipinski definition) is 0. The van der Waals surface area contributed by atoms with Crippen LogP contribution in [0, 0.1) is 0 Å². The summed E-state index contributed by atoms with van der Waals surface area (Å²) in [4.78, 5) is 12.6. The Morgan fingerprint density at radius 1 is 1.62 bits per heavy atom. The lowest BCUT2D eigenvalue weighted by atomic mass is 10.2. The molecule has 0 saturated carbocycles. The van der Waals surface area contributed by atoms with Gasteiger partial charge in [0, 0.05) is 18.6 Å². The van der Waals surface area contributed by atoms with Crippen LogP contribution in [0.15, 0.2) is 12.2 Å². The van der Waals surface area contributed by atoms with E-state index in [2.05, 4.69) is 11.8 Å². The number of carbonyl (C=O) groups is 1. The zero-order chi connectivity index (χ0) is 9.26. The van der Waals surface area contributed by atoms with Crippen LogP contribution in [-0.2, 0) is 9.53 Å². The molecule has 0 aromatic heterocycles. The summed E-state index contributed by atoms with van der Waals surface area (Å²) < 4.78 is 5.50. The van der Waals surface area contributed by atoms with E-state index in [0.717, 1.165) is 19.4 Å². The molecule has 0 spiro atoms. The molecule has 2 rings (SSSR count). The number of ether oxygens (including phenoxy) is 1. The van der Waals surface area contributed by atoms with E-state index in [0.29, 0.717) is 18.2 Å². The summed E-state index contributed by atoms with van der Waals surface area (Å²) in [7, 11) is 0. The Labute approximate surface area is 78.4 Å². The summed E-state index contributed by atoms with van der Waals surface area (Å²) >= 11 is 0. The highest BCUT2D eigenvalue weighted by Gasteiger charge is 2.40. The van der Waals surface area contributed by atoms with Crippen molar-refractivity contribution in [2.45, 2.75) is 31.5 Å². The average Bonchev–Trinajstić information content (AvgIpc) is 2.74. The molecule has 72 valence electrons. The highest BCUT2D eigenvalue weighted by atomic mass is 16.5. The molecule has 3 unspecified atom stereocenters.